The molecule has 2 atom stereocenters. The molecule has 2 aromatic rings. The Morgan fingerprint density at radius 1 is 1.37 bits per heavy atom. The number of thiazole rings is 1. The molecule has 1 fully saturated rings. The van der Waals surface area contributed by atoms with Gasteiger partial charge in [0.15, 0.2) is 0 Å². The molecule has 1 amide bonds. The number of amides is 1. The molecule has 2 unspecified atom stereocenters. The zero-order chi connectivity index (χ0) is 13.4. The lowest BCUT2D eigenvalue weighted by atomic mass is 10.1. The molecule has 1 aliphatic carbocycles. The van der Waals surface area contributed by atoms with E-state index in [4.69, 9.17) is 0 Å². The minimum absolute atomic E-state index is 0.143. The smallest absolute Gasteiger partial charge is 0.227 e. The first-order valence-electron chi connectivity index (χ1n) is 6.47. The highest BCUT2D eigenvalue weighted by molar-refractivity contribution is 7.09. The molecule has 3 rings (SSSR count). The van der Waals surface area contributed by atoms with E-state index in [9.17, 15) is 4.79 Å². The third-order valence-electron chi connectivity index (χ3n) is 3.51. The molecule has 0 saturated heterocycles. The molecule has 0 bridgehead atoms. The van der Waals surface area contributed by atoms with Gasteiger partial charge in [0.2, 0.25) is 5.91 Å². The van der Waals surface area contributed by atoms with Gasteiger partial charge in [0.25, 0.3) is 0 Å². The molecule has 1 N–H and O–H groups in total. The Labute approximate surface area is 116 Å². The van der Waals surface area contributed by atoms with Gasteiger partial charge >= 0.3 is 0 Å². The Morgan fingerprint density at radius 2 is 2.05 bits per heavy atom. The molecular formula is C15H16N2OS. The van der Waals surface area contributed by atoms with Crippen LogP contribution in [0.25, 0.3) is 11.3 Å². The van der Waals surface area contributed by atoms with Gasteiger partial charge in [-0.1, -0.05) is 19.1 Å². The summed E-state index contributed by atoms with van der Waals surface area (Å²) in [5.74, 6) is 0.892. The van der Waals surface area contributed by atoms with Crippen LogP contribution in [0.3, 0.4) is 0 Å². The quantitative estimate of drug-likeness (QED) is 0.925. The molecule has 19 heavy (non-hydrogen) atoms. The normalized spacial score (nSPS) is 21.2. The van der Waals surface area contributed by atoms with Gasteiger partial charge in [-0.3, -0.25) is 4.79 Å². The average Bonchev–Trinajstić information content (AvgIpc) is 2.97. The van der Waals surface area contributed by atoms with E-state index in [1.807, 2.05) is 31.2 Å². The second-order valence-electron chi connectivity index (χ2n) is 5.14. The molecule has 1 aromatic carbocycles. The molecule has 0 radical (unpaired) electrons. The third kappa shape index (κ3) is 2.68. The largest absolute Gasteiger partial charge is 0.326 e. The number of carbonyl (C=O) groups is 1. The Balaban J connectivity index is 1.70. The monoisotopic (exact) mass is 272 g/mol. The second kappa shape index (κ2) is 4.78. The summed E-state index contributed by atoms with van der Waals surface area (Å²) >= 11 is 1.65. The van der Waals surface area contributed by atoms with Crippen molar-refractivity contribution in [2.24, 2.45) is 11.8 Å². The van der Waals surface area contributed by atoms with Crippen LogP contribution in [0.1, 0.15) is 18.4 Å². The molecule has 3 nitrogen and oxygen atoms in total. The number of rotatable bonds is 3. The Bertz CT molecular complexity index is 603. The predicted molar refractivity (Wildman–Crippen MR) is 78.2 cm³/mol. The van der Waals surface area contributed by atoms with Gasteiger partial charge in [-0.2, -0.15) is 0 Å². The number of nitrogens with one attached hydrogen (secondary N) is 1. The van der Waals surface area contributed by atoms with Gasteiger partial charge in [-0.05, 0) is 31.4 Å². The minimum Gasteiger partial charge on any atom is -0.326 e. The van der Waals surface area contributed by atoms with Crippen LogP contribution in [-0.2, 0) is 4.79 Å². The number of nitrogens with zero attached hydrogens (tertiary/aromatic N) is 1. The predicted octanol–water partition coefficient (Wildman–Crippen LogP) is 3.71. The van der Waals surface area contributed by atoms with E-state index in [-0.39, 0.29) is 11.8 Å². The fourth-order valence-corrected chi connectivity index (χ4v) is 2.76. The number of hydrogen-bond donors (Lipinski definition) is 1. The van der Waals surface area contributed by atoms with Crippen LogP contribution in [0.15, 0.2) is 29.6 Å². The van der Waals surface area contributed by atoms with Gasteiger partial charge in [0.1, 0.15) is 0 Å². The maximum atomic E-state index is 11.8. The van der Waals surface area contributed by atoms with Crippen LogP contribution < -0.4 is 5.32 Å². The number of aryl methyl sites for hydroxylation is 1. The van der Waals surface area contributed by atoms with Crippen molar-refractivity contribution in [3.8, 4) is 11.3 Å². The van der Waals surface area contributed by atoms with Gasteiger partial charge < -0.3 is 5.32 Å². The highest BCUT2D eigenvalue weighted by atomic mass is 32.1. The van der Waals surface area contributed by atoms with E-state index < -0.39 is 0 Å². The van der Waals surface area contributed by atoms with Crippen molar-refractivity contribution in [3.05, 3.63) is 34.7 Å². The van der Waals surface area contributed by atoms with Crippen molar-refractivity contribution in [3.63, 3.8) is 0 Å². The van der Waals surface area contributed by atoms with Crippen molar-refractivity contribution < 1.29 is 4.79 Å². The molecule has 0 aliphatic heterocycles. The summed E-state index contributed by atoms with van der Waals surface area (Å²) in [6, 6.07) is 7.88. The number of anilines is 1. The lowest BCUT2D eigenvalue weighted by Crippen LogP contribution is -2.14. The summed E-state index contributed by atoms with van der Waals surface area (Å²) in [5, 5.41) is 6.08. The molecule has 1 heterocycles. The van der Waals surface area contributed by atoms with E-state index in [1.54, 1.807) is 11.3 Å². The number of carbonyl (C=O) groups excluding carboxylic acids is 1. The van der Waals surface area contributed by atoms with E-state index in [1.165, 1.54) is 0 Å². The minimum atomic E-state index is 0.143. The summed E-state index contributed by atoms with van der Waals surface area (Å²) in [5.41, 5.74) is 2.94. The first-order chi connectivity index (χ1) is 9.13. The highest BCUT2D eigenvalue weighted by Crippen LogP contribution is 2.38. The zero-order valence-electron chi connectivity index (χ0n) is 11.0. The molecular weight excluding hydrogens is 256 g/mol. The SMILES string of the molecule is Cc1nc(-c2ccc(NC(=O)C3CC3C)cc2)cs1. The lowest BCUT2D eigenvalue weighted by Gasteiger charge is -2.05. The fraction of sp³-hybridized carbons (Fsp3) is 0.333. The van der Waals surface area contributed by atoms with Crippen LogP contribution in [0.4, 0.5) is 5.69 Å². The van der Waals surface area contributed by atoms with Crippen LogP contribution in [0.2, 0.25) is 0 Å². The summed E-state index contributed by atoms with van der Waals surface area (Å²) in [7, 11) is 0. The summed E-state index contributed by atoms with van der Waals surface area (Å²) in [6.45, 7) is 4.11. The van der Waals surface area contributed by atoms with Crippen molar-refractivity contribution in [2.45, 2.75) is 20.3 Å². The van der Waals surface area contributed by atoms with Crippen LogP contribution in [0.5, 0.6) is 0 Å². The Morgan fingerprint density at radius 3 is 2.58 bits per heavy atom. The van der Waals surface area contributed by atoms with E-state index >= 15 is 0 Å². The highest BCUT2D eigenvalue weighted by Gasteiger charge is 2.38. The topological polar surface area (TPSA) is 42.0 Å². The van der Waals surface area contributed by atoms with E-state index in [0.29, 0.717) is 5.92 Å². The maximum Gasteiger partial charge on any atom is 0.227 e. The maximum absolute atomic E-state index is 11.8. The van der Waals surface area contributed by atoms with E-state index in [2.05, 4.69) is 22.6 Å². The first kappa shape index (κ1) is 12.4. The van der Waals surface area contributed by atoms with Gasteiger partial charge in [0.05, 0.1) is 10.7 Å². The van der Waals surface area contributed by atoms with Crippen LogP contribution in [-0.4, -0.2) is 10.9 Å². The van der Waals surface area contributed by atoms with E-state index in [0.717, 1.165) is 28.4 Å². The Hall–Kier alpha value is -1.68. The van der Waals surface area contributed by atoms with Crippen LogP contribution >= 0.6 is 11.3 Å². The Kier molecular flexibility index (Phi) is 3.11. The van der Waals surface area contributed by atoms with Crippen LogP contribution in [0, 0.1) is 18.8 Å². The van der Waals surface area contributed by atoms with Crippen molar-refractivity contribution in [2.75, 3.05) is 5.32 Å². The second-order valence-corrected chi connectivity index (χ2v) is 6.20. The number of aromatic nitrogens is 1. The summed E-state index contributed by atoms with van der Waals surface area (Å²) in [6.07, 6.45) is 1.02. The standard InChI is InChI=1S/C15H16N2OS/c1-9-7-13(9)15(18)17-12-5-3-11(4-6-12)14-8-19-10(2)16-14/h3-6,8-9,13H,7H2,1-2H3,(H,17,18). The molecule has 98 valence electrons. The average molecular weight is 272 g/mol. The lowest BCUT2D eigenvalue weighted by molar-refractivity contribution is -0.117. The summed E-state index contributed by atoms with van der Waals surface area (Å²) in [4.78, 5) is 16.3. The molecule has 1 aliphatic rings. The zero-order valence-corrected chi connectivity index (χ0v) is 11.8. The number of hydrogen-bond acceptors (Lipinski definition) is 3. The van der Waals surface area contributed by atoms with Crippen molar-refractivity contribution in [1.29, 1.82) is 0 Å². The summed E-state index contributed by atoms with van der Waals surface area (Å²) < 4.78 is 0. The molecule has 1 aromatic heterocycles. The van der Waals surface area contributed by atoms with Gasteiger partial charge in [0, 0.05) is 22.5 Å². The van der Waals surface area contributed by atoms with Crippen molar-refractivity contribution in [1.82, 2.24) is 4.98 Å². The third-order valence-corrected chi connectivity index (χ3v) is 4.29. The van der Waals surface area contributed by atoms with Gasteiger partial charge in [-0.15, -0.1) is 11.3 Å². The first-order valence-corrected chi connectivity index (χ1v) is 7.35. The van der Waals surface area contributed by atoms with Crippen molar-refractivity contribution >= 4 is 22.9 Å². The molecule has 1 saturated carbocycles. The molecule has 0 spiro atoms. The van der Waals surface area contributed by atoms with Gasteiger partial charge in [-0.25, -0.2) is 4.98 Å². The number of benzene rings is 1. The fourth-order valence-electron chi connectivity index (χ4n) is 2.14. The molecule has 4 heteroatoms.